The van der Waals surface area contributed by atoms with Crippen molar-refractivity contribution in [1.82, 2.24) is 9.62 Å². The SMILES string of the molecule is Cc1ccc(S(=O)(=O)N2CCNC(C)C2)cc1C(N)=O. The summed E-state index contributed by atoms with van der Waals surface area (Å²) in [5, 5.41) is 3.19. The van der Waals surface area contributed by atoms with E-state index in [9.17, 15) is 13.2 Å². The Balaban J connectivity index is 2.39. The summed E-state index contributed by atoms with van der Waals surface area (Å²) < 4.78 is 26.6. The number of rotatable bonds is 3. The quantitative estimate of drug-likeness (QED) is 0.826. The molecule has 0 radical (unpaired) electrons. The van der Waals surface area contributed by atoms with Crippen LogP contribution in [0.15, 0.2) is 23.1 Å². The summed E-state index contributed by atoms with van der Waals surface area (Å²) in [6, 6.07) is 4.60. The van der Waals surface area contributed by atoms with Crippen LogP contribution in [0.25, 0.3) is 0 Å². The Kier molecular flexibility index (Phi) is 4.12. The first kappa shape index (κ1) is 15.0. The lowest BCUT2D eigenvalue weighted by atomic mass is 10.1. The molecule has 1 saturated heterocycles. The van der Waals surface area contributed by atoms with Crippen molar-refractivity contribution in [2.24, 2.45) is 5.73 Å². The van der Waals surface area contributed by atoms with Crippen LogP contribution in [0.3, 0.4) is 0 Å². The predicted octanol–water partition coefficient (Wildman–Crippen LogP) is 0.0763. The molecule has 0 aromatic heterocycles. The molecule has 0 bridgehead atoms. The van der Waals surface area contributed by atoms with Gasteiger partial charge in [0.2, 0.25) is 15.9 Å². The molecule has 1 aliphatic heterocycles. The van der Waals surface area contributed by atoms with E-state index in [0.29, 0.717) is 25.2 Å². The maximum atomic E-state index is 12.6. The predicted molar refractivity (Wildman–Crippen MR) is 75.9 cm³/mol. The Morgan fingerprint density at radius 2 is 2.15 bits per heavy atom. The van der Waals surface area contributed by atoms with E-state index >= 15 is 0 Å². The van der Waals surface area contributed by atoms with Gasteiger partial charge in [0.15, 0.2) is 0 Å². The van der Waals surface area contributed by atoms with E-state index in [1.165, 1.54) is 16.4 Å². The van der Waals surface area contributed by atoms with E-state index < -0.39 is 15.9 Å². The zero-order valence-corrected chi connectivity index (χ0v) is 12.4. The number of aryl methyl sites for hydroxylation is 1. The third kappa shape index (κ3) is 2.84. The lowest BCUT2D eigenvalue weighted by molar-refractivity contribution is 0.0999. The number of nitrogens with two attached hydrogens (primary N) is 1. The fourth-order valence-corrected chi connectivity index (χ4v) is 3.85. The first-order chi connectivity index (χ1) is 9.32. The first-order valence-electron chi connectivity index (χ1n) is 6.46. The molecule has 0 saturated carbocycles. The molecule has 0 aliphatic carbocycles. The van der Waals surface area contributed by atoms with Gasteiger partial charge < -0.3 is 11.1 Å². The highest BCUT2D eigenvalue weighted by Gasteiger charge is 2.29. The highest BCUT2D eigenvalue weighted by atomic mass is 32.2. The Labute approximate surface area is 119 Å². The molecule has 2 rings (SSSR count). The molecule has 1 aromatic carbocycles. The highest BCUT2D eigenvalue weighted by molar-refractivity contribution is 7.89. The topological polar surface area (TPSA) is 92.5 Å². The molecule has 1 unspecified atom stereocenters. The van der Waals surface area contributed by atoms with Gasteiger partial charge in [0.25, 0.3) is 0 Å². The Morgan fingerprint density at radius 3 is 2.75 bits per heavy atom. The van der Waals surface area contributed by atoms with Gasteiger partial charge in [0.1, 0.15) is 0 Å². The smallest absolute Gasteiger partial charge is 0.249 e. The maximum Gasteiger partial charge on any atom is 0.249 e. The third-order valence-corrected chi connectivity index (χ3v) is 5.30. The average Bonchev–Trinajstić information content (AvgIpc) is 2.38. The molecule has 3 N–H and O–H groups in total. The van der Waals surface area contributed by atoms with Crippen LogP contribution in [-0.2, 0) is 10.0 Å². The standard InChI is InChI=1S/C13H19N3O3S/c1-9-3-4-11(7-12(9)13(14)17)20(18,19)16-6-5-15-10(2)8-16/h3-4,7,10,15H,5-6,8H2,1-2H3,(H2,14,17). The monoisotopic (exact) mass is 297 g/mol. The summed E-state index contributed by atoms with van der Waals surface area (Å²) in [4.78, 5) is 11.4. The second kappa shape index (κ2) is 5.51. The van der Waals surface area contributed by atoms with Gasteiger partial charge >= 0.3 is 0 Å². The molecule has 0 spiro atoms. The van der Waals surface area contributed by atoms with Crippen molar-refractivity contribution in [1.29, 1.82) is 0 Å². The number of primary amides is 1. The van der Waals surface area contributed by atoms with Crippen molar-refractivity contribution in [3.63, 3.8) is 0 Å². The summed E-state index contributed by atoms with van der Waals surface area (Å²) in [5.41, 5.74) is 6.19. The van der Waals surface area contributed by atoms with Gasteiger partial charge in [-0.05, 0) is 31.5 Å². The van der Waals surface area contributed by atoms with E-state index in [2.05, 4.69) is 5.32 Å². The van der Waals surface area contributed by atoms with Crippen LogP contribution in [0.2, 0.25) is 0 Å². The van der Waals surface area contributed by atoms with Crippen molar-refractivity contribution in [3.8, 4) is 0 Å². The summed E-state index contributed by atoms with van der Waals surface area (Å²) >= 11 is 0. The van der Waals surface area contributed by atoms with Crippen molar-refractivity contribution in [2.75, 3.05) is 19.6 Å². The number of hydrogen-bond acceptors (Lipinski definition) is 4. The van der Waals surface area contributed by atoms with Crippen LogP contribution >= 0.6 is 0 Å². The van der Waals surface area contributed by atoms with Gasteiger partial charge in [0, 0.05) is 31.2 Å². The van der Waals surface area contributed by atoms with Crippen molar-refractivity contribution < 1.29 is 13.2 Å². The lowest BCUT2D eigenvalue weighted by Gasteiger charge is -2.31. The number of hydrogen-bond donors (Lipinski definition) is 2. The summed E-state index contributed by atoms with van der Waals surface area (Å²) in [5.74, 6) is -0.617. The van der Waals surface area contributed by atoms with Crippen LogP contribution in [0.5, 0.6) is 0 Å². The van der Waals surface area contributed by atoms with Crippen molar-refractivity contribution in [2.45, 2.75) is 24.8 Å². The third-order valence-electron chi connectivity index (χ3n) is 3.44. The molecular weight excluding hydrogens is 278 g/mol. The van der Waals surface area contributed by atoms with Crippen molar-refractivity contribution >= 4 is 15.9 Å². The van der Waals surface area contributed by atoms with Crippen LogP contribution in [0, 0.1) is 6.92 Å². The minimum absolute atomic E-state index is 0.111. The second-order valence-electron chi connectivity index (χ2n) is 5.06. The Morgan fingerprint density at radius 1 is 1.45 bits per heavy atom. The van der Waals surface area contributed by atoms with E-state index in [4.69, 9.17) is 5.73 Å². The number of carbonyl (C=O) groups is 1. The van der Waals surface area contributed by atoms with E-state index in [-0.39, 0.29) is 16.5 Å². The maximum absolute atomic E-state index is 12.6. The Bertz CT molecular complexity index is 628. The molecule has 1 aromatic rings. The zero-order chi connectivity index (χ0) is 14.9. The van der Waals surface area contributed by atoms with Crippen LogP contribution in [-0.4, -0.2) is 44.3 Å². The number of amides is 1. The molecular formula is C13H19N3O3S. The van der Waals surface area contributed by atoms with E-state index in [0.717, 1.165) is 0 Å². The lowest BCUT2D eigenvalue weighted by Crippen LogP contribution is -2.51. The van der Waals surface area contributed by atoms with Crippen LogP contribution in [0.4, 0.5) is 0 Å². The van der Waals surface area contributed by atoms with Crippen LogP contribution in [0.1, 0.15) is 22.8 Å². The molecule has 1 atom stereocenters. The fraction of sp³-hybridized carbons (Fsp3) is 0.462. The number of benzene rings is 1. The number of nitrogens with one attached hydrogen (secondary N) is 1. The van der Waals surface area contributed by atoms with Gasteiger partial charge in [-0.25, -0.2) is 8.42 Å². The molecule has 1 fully saturated rings. The molecule has 1 heterocycles. The fourth-order valence-electron chi connectivity index (χ4n) is 2.29. The van der Waals surface area contributed by atoms with Crippen LogP contribution < -0.4 is 11.1 Å². The zero-order valence-electron chi connectivity index (χ0n) is 11.6. The number of sulfonamides is 1. The summed E-state index contributed by atoms with van der Waals surface area (Å²) in [6.07, 6.45) is 0. The van der Waals surface area contributed by atoms with Gasteiger partial charge in [-0.3, -0.25) is 4.79 Å². The van der Waals surface area contributed by atoms with Gasteiger partial charge in [-0.2, -0.15) is 4.31 Å². The van der Waals surface area contributed by atoms with E-state index in [1.54, 1.807) is 13.0 Å². The van der Waals surface area contributed by atoms with Gasteiger partial charge in [-0.15, -0.1) is 0 Å². The number of piperazine rings is 1. The molecule has 110 valence electrons. The molecule has 6 nitrogen and oxygen atoms in total. The second-order valence-corrected chi connectivity index (χ2v) is 7.00. The van der Waals surface area contributed by atoms with Gasteiger partial charge in [-0.1, -0.05) is 6.07 Å². The van der Waals surface area contributed by atoms with Crippen molar-refractivity contribution in [3.05, 3.63) is 29.3 Å². The molecule has 1 aliphatic rings. The minimum atomic E-state index is -3.58. The summed E-state index contributed by atoms with van der Waals surface area (Å²) in [6.45, 7) is 5.12. The summed E-state index contributed by atoms with van der Waals surface area (Å²) in [7, 11) is -3.58. The first-order valence-corrected chi connectivity index (χ1v) is 7.90. The van der Waals surface area contributed by atoms with E-state index in [1.807, 2.05) is 6.92 Å². The molecule has 7 heteroatoms. The molecule has 20 heavy (non-hydrogen) atoms. The normalized spacial score (nSPS) is 20.8. The highest BCUT2D eigenvalue weighted by Crippen LogP contribution is 2.20. The number of nitrogens with zero attached hydrogens (tertiary/aromatic N) is 1. The largest absolute Gasteiger partial charge is 0.366 e. The number of carbonyl (C=O) groups excluding carboxylic acids is 1. The minimum Gasteiger partial charge on any atom is -0.366 e. The van der Waals surface area contributed by atoms with Gasteiger partial charge in [0.05, 0.1) is 4.90 Å². The average molecular weight is 297 g/mol. The Hall–Kier alpha value is -1.44. The molecule has 1 amide bonds.